The van der Waals surface area contributed by atoms with Gasteiger partial charge in [-0.1, -0.05) is 32.0 Å². The molecular formula is C31H40F5N5O3. The minimum atomic E-state index is -4.53. The van der Waals surface area contributed by atoms with Crippen molar-refractivity contribution in [2.45, 2.75) is 64.4 Å². The zero-order valence-electron chi connectivity index (χ0n) is 25.1. The fraction of sp³-hybridized carbons (Fsp3) is 0.484. The number of amides is 2. The first-order valence-electron chi connectivity index (χ1n) is 14.6. The van der Waals surface area contributed by atoms with Crippen LogP contribution >= 0.6 is 0 Å². The van der Waals surface area contributed by atoms with Crippen molar-refractivity contribution in [2.75, 3.05) is 26.2 Å². The Balaban J connectivity index is 1.99. The van der Waals surface area contributed by atoms with Gasteiger partial charge in [-0.2, -0.15) is 13.2 Å². The maximum atomic E-state index is 14.2. The van der Waals surface area contributed by atoms with Crippen LogP contribution in [0.3, 0.4) is 0 Å². The van der Waals surface area contributed by atoms with E-state index in [-0.39, 0.29) is 43.2 Å². The van der Waals surface area contributed by atoms with Crippen molar-refractivity contribution in [3.8, 4) is 0 Å². The zero-order chi connectivity index (χ0) is 32.7. The lowest BCUT2D eigenvalue weighted by atomic mass is 9.76. The molecule has 2 aromatic carbocycles. The number of benzene rings is 2. The van der Waals surface area contributed by atoms with Gasteiger partial charge in [0, 0.05) is 44.7 Å². The van der Waals surface area contributed by atoms with Crippen molar-refractivity contribution in [2.24, 2.45) is 11.7 Å². The Labute approximate surface area is 254 Å². The van der Waals surface area contributed by atoms with Gasteiger partial charge < -0.3 is 26.1 Å². The molecule has 44 heavy (non-hydrogen) atoms. The van der Waals surface area contributed by atoms with Gasteiger partial charge in [0.1, 0.15) is 22.9 Å². The highest BCUT2D eigenvalue weighted by molar-refractivity contribution is 5.97. The summed E-state index contributed by atoms with van der Waals surface area (Å²) in [6, 6.07) is 7.51. The molecule has 1 unspecified atom stereocenters. The summed E-state index contributed by atoms with van der Waals surface area (Å²) >= 11 is 0. The highest BCUT2D eigenvalue weighted by Crippen LogP contribution is 2.35. The van der Waals surface area contributed by atoms with Gasteiger partial charge in [0.2, 0.25) is 5.91 Å². The number of nitrogens with two attached hydrogens (primary N) is 1. The number of rotatable bonds is 15. The lowest BCUT2D eigenvalue weighted by molar-refractivity contribution is -0.137. The van der Waals surface area contributed by atoms with E-state index in [1.807, 2.05) is 13.8 Å². The number of aliphatic hydroxyl groups is 1. The van der Waals surface area contributed by atoms with Crippen molar-refractivity contribution < 1.29 is 36.6 Å². The van der Waals surface area contributed by atoms with Crippen molar-refractivity contribution in [3.63, 3.8) is 0 Å². The number of hydrogen-bond acceptors (Lipinski definition) is 6. The molecule has 2 amide bonds. The predicted molar refractivity (Wildman–Crippen MR) is 155 cm³/mol. The van der Waals surface area contributed by atoms with Crippen LogP contribution < -0.4 is 16.5 Å². The maximum absolute atomic E-state index is 14.2. The van der Waals surface area contributed by atoms with E-state index in [9.17, 15) is 36.6 Å². The largest absolute Gasteiger partial charge is 0.416 e. The van der Waals surface area contributed by atoms with Gasteiger partial charge in [-0.3, -0.25) is 9.59 Å². The summed E-state index contributed by atoms with van der Waals surface area (Å²) in [6.45, 7) is 6.51. The van der Waals surface area contributed by atoms with Gasteiger partial charge in [0.05, 0.1) is 11.7 Å². The van der Waals surface area contributed by atoms with Crippen LogP contribution in [0.15, 0.2) is 54.2 Å². The number of alkyl halides is 3. The Kier molecular flexibility index (Phi) is 11.9. The van der Waals surface area contributed by atoms with Gasteiger partial charge in [0.25, 0.3) is 5.91 Å². The van der Waals surface area contributed by atoms with Crippen molar-refractivity contribution in [1.82, 2.24) is 20.7 Å². The Morgan fingerprint density at radius 3 is 2.23 bits per heavy atom. The van der Waals surface area contributed by atoms with Crippen LogP contribution in [0.1, 0.15) is 50.3 Å². The molecule has 8 nitrogen and oxygen atoms in total. The minimum absolute atomic E-state index is 0.0526. The van der Waals surface area contributed by atoms with E-state index in [1.165, 1.54) is 23.2 Å². The second-order valence-corrected chi connectivity index (χ2v) is 10.9. The van der Waals surface area contributed by atoms with Crippen LogP contribution in [0.25, 0.3) is 0 Å². The number of carbonyl (C=O) groups is 2. The lowest BCUT2D eigenvalue weighted by Gasteiger charge is -2.38. The summed E-state index contributed by atoms with van der Waals surface area (Å²) in [7, 11) is 0. The molecule has 0 aliphatic carbocycles. The second kappa shape index (κ2) is 15.0. The average Bonchev–Trinajstić information content (AvgIpc) is 3.36. The summed E-state index contributed by atoms with van der Waals surface area (Å²) in [5, 5.41) is 15.9. The van der Waals surface area contributed by atoms with Gasteiger partial charge in [-0.25, -0.2) is 14.2 Å². The van der Waals surface area contributed by atoms with E-state index in [0.29, 0.717) is 37.6 Å². The number of hydrazine groups is 1. The standard InChI is InChI=1S/C31H40F5N5O3/c1-4-10-40(11-5-2)28(43)26-17-30(29(37)44,39-41(26)6-3)25(15-21-13-23(32)16-24(33)14-21)27(42)19-38-18-20-8-7-9-22(12-20)31(34,35)36/h7-9,12-14,16-17,25,27,38-39,42H,4-6,10-11,15,18-19H2,1-3H3,(H2,37,44)/t25-,27+,30?/m1/s1. The second-order valence-electron chi connectivity index (χ2n) is 10.9. The predicted octanol–water partition coefficient (Wildman–Crippen LogP) is 3.89. The Morgan fingerprint density at radius 2 is 1.68 bits per heavy atom. The van der Waals surface area contributed by atoms with Gasteiger partial charge >= 0.3 is 6.18 Å². The molecular weight excluding hydrogens is 585 g/mol. The summed E-state index contributed by atoms with van der Waals surface area (Å²) in [6.07, 6.45) is -3.42. The molecule has 0 saturated heterocycles. The zero-order valence-corrected chi connectivity index (χ0v) is 25.1. The third-order valence-corrected chi connectivity index (χ3v) is 7.56. The number of primary amides is 1. The third kappa shape index (κ3) is 8.33. The van der Waals surface area contributed by atoms with Crippen LogP contribution in [0.5, 0.6) is 0 Å². The minimum Gasteiger partial charge on any atom is -0.391 e. The lowest BCUT2D eigenvalue weighted by Crippen LogP contribution is -2.63. The van der Waals surface area contributed by atoms with E-state index < -0.39 is 46.8 Å². The molecule has 0 radical (unpaired) electrons. The third-order valence-electron chi connectivity index (χ3n) is 7.56. The number of likely N-dealkylation sites (N-methyl/N-ethyl adjacent to an activating group) is 1. The van der Waals surface area contributed by atoms with Crippen molar-refractivity contribution >= 4 is 11.8 Å². The monoisotopic (exact) mass is 625 g/mol. The molecule has 2 aromatic rings. The summed E-state index contributed by atoms with van der Waals surface area (Å²) in [5.74, 6) is -4.17. The van der Waals surface area contributed by atoms with Crippen LogP contribution in [0, 0.1) is 17.6 Å². The molecule has 1 heterocycles. The molecule has 0 bridgehead atoms. The van der Waals surface area contributed by atoms with Crippen LogP contribution in [-0.2, 0) is 28.7 Å². The Hall–Kier alpha value is -3.55. The number of nitrogens with zero attached hydrogens (tertiary/aromatic N) is 2. The normalized spacial score (nSPS) is 18.2. The SMILES string of the molecule is CCCN(CCC)C(=O)C1=CC(C(N)=O)([C@H](Cc2cc(F)cc(F)c2)[C@@H](O)CNCc2cccc(C(F)(F)F)c2)NN1CC. The smallest absolute Gasteiger partial charge is 0.391 e. The molecule has 0 saturated carbocycles. The Morgan fingerprint density at radius 1 is 1.05 bits per heavy atom. The molecule has 13 heteroatoms. The molecule has 1 aliphatic rings. The van der Waals surface area contributed by atoms with E-state index in [0.717, 1.165) is 24.3 Å². The number of carbonyl (C=O) groups excluding carboxylic acids is 2. The number of aliphatic hydroxyl groups excluding tert-OH is 1. The molecule has 3 atom stereocenters. The first-order chi connectivity index (χ1) is 20.7. The summed E-state index contributed by atoms with van der Waals surface area (Å²) in [4.78, 5) is 28.5. The maximum Gasteiger partial charge on any atom is 0.416 e. The fourth-order valence-corrected chi connectivity index (χ4v) is 5.50. The summed E-state index contributed by atoms with van der Waals surface area (Å²) < 4.78 is 67.8. The van der Waals surface area contributed by atoms with Gasteiger partial charge in [0.15, 0.2) is 0 Å². The van der Waals surface area contributed by atoms with E-state index in [2.05, 4.69) is 10.7 Å². The fourth-order valence-electron chi connectivity index (χ4n) is 5.50. The van der Waals surface area contributed by atoms with Crippen molar-refractivity contribution in [3.05, 3.63) is 82.6 Å². The van der Waals surface area contributed by atoms with Crippen LogP contribution in [0.2, 0.25) is 0 Å². The van der Waals surface area contributed by atoms with E-state index in [4.69, 9.17) is 5.73 Å². The number of halogens is 5. The van der Waals surface area contributed by atoms with Gasteiger partial charge in [-0.05, 0) is 61.6 Å². The van der Waals surface area contributed by atoms with Gasteiger partial charge in [-0.15, -0.1) is 0 Å². The number of hydrogen-bond donors (Lipinski definition) is 4. The van der Waals surface area contributed by atoms with E-state index in [1.54, 1.807) is 11.8 Å². The first kappa shape index (κ1) is 34.9. The van der Waals surface area contributed by atoms with Crippen LogP contribution in [0.4, 0.5) is 22.0 Å². The molecule has 242 valence electrons. The molecule has 0 spiro atoms. The summed E-state index contributed by atoms with van der Waals surface area (Å²) in [5.41, 5.74) is 6.85. The number of nitrogens with one attached hydrogen (secondary N) is 2. The Bertz CT molecular complexity index is 1310. The topological polar surface area (TPSA) is 111 Å². The van der Waals surface area contributed by atoms with Crippen molar-refractivity contribution in [1.29, 1.82) is 0 Å². The highest BCUT2D eigenvalue weighted by Gasteiger charge is 2.52. The first-order valence-corrected chi connectivity index (χ1v) is 14.6. The highest BCUT2D eigenvalue weighted by atomic mass is 19.4. The molecule has 1 aliphatic heterocycles. The molecule has 5 N–H and O–H groups in total. The quantitative estimate of drug-likeness (QED) is 0.224. The van der Waals surface area contributed by atoms with E-state index >= 15 is 0 Å². The van der Waals surface area contributed by atoms with Crippen LogP contribution in [-0.4, -0.2) is 64.7 Å². The molecule has 0 aromatic heterocycles. The average molecular weight is 626 g/mol. The molecule has 3 rings (SSSR count). The molecule has 0 fully saturated rings.